The fourth-order valence-corrected chi connectivity index (χ4v) is 2.33. The van der Waals surface area contributed by atoms with Gasteiger partial charge >= 0.3 is 0 Å². The number of rotatable bonds is 5. The van der Waals surface area contributed by atoms with Gasteiger partial charge in [0.1, 0.15) is 11.4 Å². The summed E-state index contributed by atoms with van der Waals surface area (Å²) in [5.41, 5.74) is 3.40. The third-order valence-corrected chi connectivity index (χ3v) is 3.44. The van der Waals surface area contributed by atoms with Crippen LogP contribution in [0.25, 0.3) is 0 Å². The Morgan fingerprint density at radius 2 is 2.10 bits per heavy atom. The van der Waals surface area contributed by atoms with Crippen LogP contribution in [-0.2, 0) is 6.42 Å². The van der Waals surface area contributed by atoms with Gasteiger partial charge in [0.2, 0.25) is 0 Å². The largest absolute Gasteiger partial charge is 0.377 e. The van der Waals surface area contributed by atoms with E-state index in [0.717, 1.165) is 22.6 Å². The van der Waals surface area contributed by atoms with Gasteiger partial charge in [-0.05, 0) is 45.7 Å². The van der Waals surface area contributed by atoms with Crippen LogP contribution in [0.1, 0.15) is 29.5 Å². The van der Waals surface area contributed by atoms with E-state index in [2.05, 4.69) is 10.5 Å². The van der Waals surface area contributed by atoms with E-state index in [-0.39, 0.29) is 16.7 Å². The first kappa shape index (κ1) is 15.0. The number of nitrogens with zero attached hydrogens (tertiary/aromatic N) is 2. The highest BCUT2D eigenvalue weighted by molar-refractivity contribution is 5.63. The van der Waals surface area contributed by atoms with Crippen LogP contribution in [-0.4, -0.2) is 16.1 Å². The number of nitro groups is 1. The van der Waals surface area contributed by atoms with Crippen molar-refractivity contribution in [1.29, 1.82) is 0 Å². The molecule has 1 aromatic heterocycles. The molecule has 1 unspecified atom stereocenters. The lowest BCUT2D eigenvalue weighted by atomic mass is 10.1. The van der Waals surface area contributed by atoms with Crippen molar-refractivity contribution < 1.29 is 9.45 Å². The van der Waals surface area contributed by atoms with Crippen molar-refractivity contribution in [2.45, 2.75) is 40.2 Å². The molecule has 0 radical (unpaired) electrons. The van der Waals surface area contributed by atoms with Crippen molar-refractivity contribution in [3.8, 4) is 0 Å². The Balaban J connectivity index is 2.17. The summed E-state index contributed by atoms with van der Waals surface area (Å²) in [5.74, 6) is 0.791. The molecule has 1 N–H and O–H groups in total. The summed E-state index contributed by atoms with van der Waals surface area (Å²) in [6.45, 7) is 7.59. The molecule has 1 atom stereocenters. The summed E-state index contributed by atoms with van der Waals surface area (Å²) >= 11 is 0. The van der Waals surface area contributed by atoms with E-state index in [9.17, 15) is 10.1 Å². The zero-order valence-corrected chi connectivity index (χ0v) is 12.6. The second-order valence-electron chi connectivity index (χ2n) is 5.33. The third-order valence-electron chi connectivity index (χ3n) is 3.44. The van der Waals surface area contributed by atoms with Crippen molar-refractivity contribution in [1.82, 2.24) is 5.16 Å². The predicted molar refractivity (Wildman–Crippen MR) is 80.6 cm³/mol. The SMILES string of the molecule is Cc1ccc(NC(C)Cc2c(C)noc2C)c([N+](=O)[O-])c1. The molecule has 0 spiro atoms. The number of benzene rings is 1. The third kappa shape index (κ3) is 3.39. The lowest BCUT2D eigenvalue weighted by Gasteiger charge is -2.15. The Morgan fingerprint density at radius 1 is 1.38 bits per heavy atom. The van der Waals surface area contributed by atoms with Crippen LogP contribution in [0.3, 0.4) is 0 Å². The molecule has 0 bridgehead atoms. The molecule has 0 saturated carbocycles. The van der Waals surface area contributed by atoms with Crippen molar-refractivity contribution in [2.75, 3.05) is 5.32 Å². The van der Waals surface area contributed by atoms with Gasteiger partial charge in [0.15, 0.2) is 0 Å². The summed E-state index contributed by atoms with van der Waals surface area (Å²) in [7, 11) is 0. The van der Waals surface area contributed by atoms with E-state index < -0.39 is 0 Å². The second kappa shape index (κ2) is 5.95. The Kier molecular flexibility index (Phi) is 4.26. The van der Waals surface area contributed by atoms with Gasteiger partial charge < -0.3 is 9.84 Å². The maximum atomic E-state index is 11.1. The molecular weight excluding hydrogens is 270 g/mol. The minimum Gasteiger partial charge on any atom is -0.377 e. The van der Waals surface area contributed by atoms with E-state index in [0.29, 0.717) is 12.1 Å². The highest BCUT2D eigenvalue weighted by atomic mass is 16.6. The fourth-order valence-electron chi connectivity index (χ4n) is 2.33. The van der Waals surface area contributed by atoms with Gasteiger partial charge in [-0.15, -0.1) is 0 Å². The smallest absolute Gasteiger partial charge is 0.292 e. The molecule has 21 heavy (non-hydrogen) atoms. The number of hydrogen-bond acceptors (Lipinski definition) is 5. The van der Waals surface area contributed by atoms with E-state index in [1.54, 1.807) is 12.1 Å². The maximum absolute atomic E-state index is 11.1. The van der Waals surface area contributed by atoms with Crippen molar-refractivity contribution >= 4 is 11.4 Å². The topological polar surface area (TPSA) is 81.2 Å². The Bertz CT molecular complexity index is 645. The van der Waals surface area contributed by atoms with Gasteiger partial charge in [0, 0.05) is 17.7 Å². The first-order valence-corrected chi connectivity index (χ1v) is 6.81. The Morgan fingerprint density at radius 3 is 2.67 bits per heavy atom. The molecule has 0 amide bonds. The first-order valence-electron chi connectivity index (χ1n) is 6.81. The lowest BCUT2D eigenvalue weighted by molar-refractivity contribution is -0.384. The van der Waals surface area contributed by atoms with Gasteiger partial charge in [-0.2, -0.15) is 0 Å². The molecule has 6 heteroatoms. The van der Waals surface area contributed by atoms with Crippen molar-refractivity contribution in [3.05, 3.63) is 50.9 Å². The number of nitro benzene ring substituents is 1. The molecule has 1 heterocycles. The second-order valence-corrected chi connectivity index (χ2v) is 5.33. The van der Waals surface area contributed by atoms with E-state index in [1.165, 1.54) is 0 Å². The normalized spacial score (nSPS) is 12.2. The zero-order chi connectivity index (χ0) is 15.6. The van der Waals surface area contributed by atoms with Gasteiger partial charge in [-0.25, -0.2) is 0 Å². The lowest BCUT2D eigenvalue weighted by Crippen LogP contribution is -2.19. The zero-order valence-electron chi connectivity index (χ0n) is 12.6. The maximum Gasteiger partial charge on any atom is 0.292 e. The molecule has 0 aliphatic carbocycles. The fraction of sp³-hybridized carbons (Fsp3) is 0.400. The standard InChI is InChI=1S/C15H19N3O3/c1-9-5-6-14(15(7-9)18(19)20)16-10(2)8-13-11(3)17-21-12(13)4/h5-7,10,16H,8H2,1-4H3. The Hall–Kier alpha value is -2.37. The minimum absolute atomic E-state index is 0.0307. The molecule has 0 aliphatic heterocycles. The van der Waals surface area contributed by atoms with E-state index >= 15 is 0 Å². The Labute approximate surface area is 123 Å². The van der Waals surface area contributed by atoms with Crippen molar-refractivity contribution in [3.63, 3.8) is 0 Å². The average Bonchev–Trinajstić information content (AvgIpc) is 2.72. The molecule has 0 aliphatic rings. The van der Waals surface area contributed by atoms with Gasteiger partial charge in [-0.3, -0.25) is 10.1 Å². The summed E-state index contributed by atoms with van der Waals surface area (Å²) in [5, 5.41) is 18.2. The molecule has 2 aromatic rings. The minimum atomic E-state index is -0.363. The highest BCUT2D eigenvalue weighted by Gasteiger charge is 2.17. The predicted octanol–water partition coefficient (Wildman–Crippen LogP) is 3.55. The quantitative estimate of drug-likeness (QED) is 0.672. The van der Waals surface area contributed by atoms with Crippen LogP contribution >= 0.6 is 0 Å². The highest BCUT2D eigenvalue weighted by Crippen LogP contribution is 2.26. The molecule has 0 fully saturated rings. The molecule has 112 valence electrons. The molecule has 1 aromatic carbocycles. The molecule has 0 saturated heterocycles. The number of nitrogens with one attached hydrogen (secondary N) is 1. The number of hydrogen-bond donors (Lipinski definition) is 1. The molecule has 2 rings (SSSR count). The van der Waals surface area contributed by atoms with Gasteiger partial charge in [0.05, 0.1) is 10.6 Å². The van der Waals surface area contributed by atoms with Crippen LogP contribution in [0, 0.1) is 30.9 Å². The van der Waals surface area contributed by atoms with Crippen LogP contribution < -0.4 is 5.32 Å². The first-order chi connectivity index (χ1) is 9.88. The van der Waals surface area contributed by atoms with Crippen LogP contribution in [0.15, 0.2) is 22.7 Å². The summed E-state index contributed by atoms with van der Waals surface area (Å²) in [6.07, 6.45) is 0.701. The number of aromatic nitrogens is 1. The van der Waals surface area contributed by atoms with Crippen molar-refractivity contribution in [2.24, 2.45) is 0 Å². The van der Waals surface area contributed by atoms with E-state index in [1.807, 2.05) is 33.8 Å². The van der Waals surface area contributed by atoms with E-state index in [4.69, 9.17) is 4.52 Å². The van der Waals surface area contributed by atoms with Crippen LogP contribution in [0.4, 0.5) is 11.4 Å². The van der Waals surface area contributed by atoms with Gasteiger partial charge in [0.25, 0.3) is 5.69 Å². The van der Waals surface area contributed by atoms with Gasteiger partial charge in [-0.1, -0.05) is 11.2 Å². The average molecular weight is 289 g/mol. The number of anilines is 1. The molecule has 6 nitrogen and oxygen atoms in total. The van der Waals surface area contributed by atoms with Crippen LogP contribution in [0.2, 0.25) is 0 Å². The molecular formula is C15H19N3O3. The number of aryl methyl sites for hydroxylation is 3. The van der Waals surface area contributed by atoms with Crippen LogP contribution in [0.5, 0.6) is 0 Å². The summed E-state index contributed by atoms with van der Waals surface area (Å²) in [4.78, 5) is 10.8. The summed E-state index contributed by atoms with van der Waals surface area (Å²) in [6, 6.07) is 5.21. The summed E-state index contributed by atoms with van der Waals surface area (Å²) < 4.78 is 5.14. The monoisotopic (exact) mass is 289 g/mol.